The number of aromatic amines is 1. The zero-order valence-corrected chi connectivity index (χ0v) is 10.1. The van der Waals surface area contributed by atoms with Crippen molar-refractivity contribution in [2.75, 3.05) is 0 Å². The van der Waals surface area contributed by atoms with Crippen LogP contribution in [0.3, 0.4) is 0 Å². The zero-order chi connectivity index (χ0) is 13.4. The van der Waals surface area contributed by atoms with E-state index in [1.165, 1.54) is 12.1 Å². The number of aromatic nitrogens is 3. The van der Waals surface area contributed by atoms with Crippen LogP contribution in [0.4, 0.5) is 4.39 Å². The van der Waals surface area contributed by atoms with Crippen molar-refractivity contribution in [1.82, 2.24) is 15.0 Å². The van der Waals surface area contributed by atoms with E-state index in [-0.39, 0.29) is 10.9 Å². The Bertz CT molecular complexity index is 812. The SMILES string of the molecule is Cc1cc(F)cc2c(=O)[nH]c(-c3ccncc3)nc12. The Morgan fingerprint density at radius 1 is 1.21 bits per heavy atom. The smallest absolute Gasteiger partial charge is 0.259 e. The van der Waals surface area contributed by atoms with Gasteiger partial charge >= 0.3 is 0 Å². The molecule has 0 radical (unpaired) electrons. The van der Waals surface area contributed by atoms with Gasteiger partial charge in [-0.15, -0.1) is 0 Å². The molecule has 0 amide bonds. The van der Waals surface area contributed by atoms with E-state index in [4.69, 9.17) is 0 Å². The molecule has 0 unspecified atom stereocenters. The molecule has 1 aromatic carbocycles. The van der Waals surface area contributed by atoms with Gasteiger partial charge in [-0.1, -0.05) is 0 Å². The molecule has 19 heavy (non-hydrogen) atoms. The van der Waals surface area contributed by atoms with Gasteiger partial charge in [0.25, 0.3) is 5.56 Å². The number of halogens is 1. The van der Waals surface area contributed by atoms with Crippen LogP contribution < -0.4 is 5.56 Å². The molecule has 0 aliphatic heterocycles. The van der Waals surface area contributed by atoms with Gasteiger partial charge in [0.2, 0.25) is 0 Å². The molecule has 3 rings (SSSR count). The molecule has 0 aliphatic rings. The lowest BCUT2D eigenvalue weighted by Gasteiger charge is -2.05. The highest BCUT2D eigenvalue weighted by atomic mass is 19.1. The Kier molecular flexibility index (Phi) is 2.59. The summed E-state index contributed by atoms with van der Waals surface area (Å²) in [6.07, 6.45) is 3.24. The minimum absolute atomic E-state index is 0.260. The van der Waals surface area contributed by atoms with Crippen LogP contribution in [0.15, 0.2) is 41.5 Å². The molecule has 1 N–H and O–H groups in total. The first-order valence-corrected chi connectivity index (χ1v) is 5.76. The maximum atomic E-state index is 13.3. The lowest BCUT2D eigenvalue weighted by Crippen LogP contribution is -2.10. The van der Waals surface area contributed by atoms with Crippen LogP contribution in [-0.4, -0.2) is 15.0 Å². The summed E-state index contributed by atoms with van der Waals surface area (Å²) in [4.78, 5) is 23.0. The third-order valence-corrected chi connectivity index (χ3v) is 2.92. The normalized spacial score (nSPS) is 10.8. The van der Waals surface area contributed by atoms with Crippen molar-refractivity contribution in [3.05, 3.63) is 58.4 Å². The van der Waals surface area contributed by atoms with E-state index >= 15 is 0 Å². The largest absolute Gasteiger partial charge is 0.306 e. The van der Waals surface area contributed by atoms with Gasteiger partial charge in [0, 0.05) is 18.0 Å². The molecule has 0 aliphatic carbocycles. The molecular weight excluding hydrogens is 245 g/mol. The summed E-state index contributed by atoms with van der Waals surface area (Å²) in [6, 6.07) is 6.07. The first kappa shape index (κ1) is 11.5. The minimum Gasteiger partial charge on any atom is -0.306 e. The number of H-pyrrole nitrogens is 1. The van der Waals surface area contributed by atoms with Crippen LogP contribution in [0.25, 0.3) is 22.3 Å². The first-order valence-electron chi connectivity index (χ1n) is 5.76. The molecule has 0 saturated heterocycles. The van der Waals surface area contributed by atoms with E-state index < -0.39 is 5.82 Å². The van der Waals surface area contributed by atoms with Crippen LogP contribution in [-0.2, 0) is 0 Å². The van der Waals surface area contributed by atoms with Crippen LogP contribution in [0.2, 0.25) is 0 Å². The van der Waals surface area contributed by atoms with Crippen molar-refractivity contribution in [1.29, 1.82) is 0 Å². The van der Waals surface area contributed by atoms with Crippen molar-refractivity contribution >= 4 is 10.9 Å². The van der Waals surface area contributed by atoms with E-state index in [9.17, 15) is 9.18 Å². The number of aryl methyl sites for hydroxylation is 1. The average Bonchev–Trinajstić information content (AvgIpc) is 2.41. The molecule has 2 heterocycles. The summed E-state index contributed by atoms with van der Waals surface area (Å²) in [6.45, 7) is 1.73. The molecular formula is C14H10FN3O. The predicted molar refractivity (Wildman–Crippen MR) is 70.3 cm³/mol. The number of hydrogen-bond acceptors (Lipinski definition) is 3. The van der Waals surface area contributed by atoms with Gasteiger partial charge in [0.15, 0.2) is 0 Å². The summed E-state index contributed by atoms with van der Waals surface area (Å²) in [5.41, 5.74) is 1.56. The minimum atomic E-state index is -0.436. The fourth-order valence-electron chi connectivity index (χ4n) is 2.02. The van der Waals surface area contributed by atoms with E-state index in [1.54, 1.807) is 31.5 Å². The molecule has 4 nitrogen and oxygen atoms in total. The van der Waals surface area contributed by atoms with Crippen molar-refractivity contribution in [2.45, 2.75) is 6.92 Å². The van der Waals surface area contributed by atoms with E-state index in [2.05, 4.69) is 15.0 Å². The number of hydrogen-bond donors (Lipinski definition) is 1. The Morgan fingerprint density at radius 3 is 2.68 bits per heavy atom. The Hall–Kier alpha value is -2.56. The second-order valence-corrected chi connectivity index (χ2v) is 4.27. The fraction of sp³-hybridized carbons (Fsp3) is 0.0714. The van der Waals surface area contributed by atoms with Crippen LogP contribution in [0.1, 0.15) is 5.56 Å². The van der Waals surface area contributed by atoms with Gasteiger partial charge in [-0.2, -0.15) is 0 Å². The van der Waals surface area contributed by atoms with Gasteiger partial charge in [0.1, 0.15) is 11.6 Å². The summed E-state index contributed by atoms with van der Waals surface area (Å²) in [5.74, 6) is 0.0172. The number of pyridine rings is 1. The lowest BCUT2D eigenvalue weighted by molar-refractivity contribution is 0.628. The summed E-state index contributed by atoms with van der Waals surface area (Å²) in [7, 11) is 0. The van der Waals surface area contributed by atoms with Crippen LogP contribution >= 0.6 is 0 Å². The lowest BCUT2D eigenvalue weighted by atomic mass is 10.1. The molecule has 3 aromatic rings. The monoisotopic (exact) mass is 255 g/mol. The highest BCUT2D eigenvalue weighted by Gasteiger charge is 2.09. The molecule has 0 spiro atoms. The topological polar surface area (TPSA) is 58.6 Å². The Labute approximate surface area is 108 Å². The molecule has 94 valence electrons. The number of rotatable bonds is 1. The molecule has 0 atom stereocenters. The highest BCUT2D eigenvalue weighted by molar-refractivity contribution is 5.82. The number of nitrogens with one attached hydrogen (secondary N) is 1. The molecule has 2 aromatic heterocycles. The average molecular weight is 255 g/mol. The maximum absolute atomic E-state index is 13.3. The van der Waals surface area contributed by atoms with Crippen molar-refractivity contribution in [2.24, 2.45) is 0 Å². The van der Waals surface area contributed by atoms with Gasteiger partial charge in [-0.25, -0.2) is 9.37 Å². The van der Waals surface area contributed by atoms with Crippen molar-refractivity contribution < 1.29 is 4.39 Å². The zero-order valence-electron chi connectivity index (χ0n) is 10.1. The van der Waals surface area contributed by atoms with Gasteiger partial charge in [-0.3, -0.25) is 9.78 Å². The summed E-state index contributed by atoms with van der Waals surface area (Å²) in [5, 5.41) is 0.260. The third-order valence-electron chi connectivity index (χ3n) is 2.92. The standard InChI is InChI=1S/C14H10FN3O/c1-8-6-10(15)7-11-12(8)17-13(18-14(11)19)9-2-4-16-5-3-9/h2-7H,1H3,(H,17,18,19). The Morgan fingerprint density at radius 2 is 1.95 bits per heavy atom. The Balaban J connectivity index is 2.34. The van der Waals surface area contributed by atoms with Crippen molar-refractivity contribution in [3.8, 4) is 11.4 Å². The van der Waals surface area contributed by atoms with Gasteiger partial charge in [0.05, 0.1) is 10.9 Å². The molecule has 0 saturated carbocycles. The highest BCUT2D eigenvalue weighted by Crippen LogP contribution is 2.18. The van der Waals surface area contributed by atoms with Gasteiger partial charge < -0.3 is 4.98 Å². The number of benzene rings is 1. The predicted octanol–water partition coefficient (Wildman–Crippen LogP) is 2.43. The fourth-order valence-corrected chi connectivity index (χ4v) is 2.02. The van der Waals surface area contributed by atoms with Gasteiger partial charge in [-0.05, 0) is 36.8 Å². The molecule has 0 bridgehead atoms. The molecule has 5 heteroatoms. The van der Waals surface area contributed by atoms with E-state index in [1.807, 2.05) is 0 Å². The second kappa shape index (κ2) is 4.28. The summed E-state index contributed by atoms with van der Waals surface area (Å²) >= 11 is 0. The number of fused-ring (bicyclic) bond motifs is 1. The quantitative estimate of drug-likeness (QED) is 0.726. The maximum Gasteiger partial charge on any atom is 0.259 e. The summed E-state index contributed by atoms with van der Waals surface area (Å²) < 4.78 is 13.3. The second-order valence-electron chi connectivity index (χ2n) is 4.27. The van der Waals surface area contributed by atoms with Crippen LogP contribution in [0.5, 0.6) is 0 Å². The van der Waals surface area contributed by atoms with E-state index in [0.717, 1.165) is 5.56 Å². The van der Waals surface area contributed by atoms with Crippen molar-refractivity contribution in [3.63, 3.8) is 0 Å². The third kappa shape index (κ3) is 1.99. The van der Waals surface area contributed by atoms with E-state index in [0.29, 0.717) is 16.9 Å². The van der Waals surface area contributed by atoms with Crippen LogP contribution in [0, 0.1) is 12.7 Å². The first-order chi connectivity index (χ1) is 9.15. The molecule has 0 fully saturated rings. The number of nitrogens with zero attached hydrogens (tertiary/aromatic N) is 2.